The summed E-state index contributed by atoms with van der Waals surface area (Å²) in [6.07, 6.45) is -2.46. The van der Waals surface area contributed by atoms with E-state index in [1.54, 1.807) is 27.7 Å². The van der Waals surface area contributed by atoms with Crippen LogP contribution < -0.4 is 0 Å². The van der Waals surface area contributed by atoms with Crippen LogP contribution in [0.2, 0.25) is 0 Å². The van der Waals surface area contributed by atoms with E-state index in [1.165, 1.54) is 0 Å². The summed E-state index contributed by atoms with van der Waals surface area (Å²) in [6.45, 7) is 6.77. The first-order valence-electron chi connectivity index (χ1n) is 5.65. The van der Waals surface area contributed by atoms with E-state index in [0.29, 0.717) is 12.8 Å². The minimum absolute atomic E-state index is 0.502. The second kappa shape index (κ2) is 7.46. The van der Waals surface area contributed by atoms with Crippen LogP contribution in [0.4, 0.5) is 4.79 Å². The molecule has 0 fully saturated rings. The van der Waals surface area contributed by atoms with Crippen molar-refractivity contribution in [2.24, 2.45) is 0 Å². The quantitative estimate of drug-likeness (QED) is 0.680. The molecule has 4 unspecified atom stereocenters. The second-order valence-corrected chi connectivity index (χ2v) is 3.85. The van der Waals surface area contributed by atoms with Crippen LogP contribution in [0.15, 0.2) is 0 Å². The molecule has 2 N–H and O–H groups in total. The summed E-state index contributed by atoms with van der Waals surface area (Å²) >= 11 is 0. The molecule has 0 aliphatic carbocycles. The van der Waals surface area contributed by atoms with Gasteiger partial charge in [-0.2, -0.15) is 0 Å². The standard InChI is InChI=1S/C11H22O5/c1-5-9(12)7(3)15-11(14)16-8(4)10(13)6-2/h7-10,12-13H,5-6H2,1-4H3. The predicted molar refractivity (Wildman–Crippen MR) is 59.1 cm³/mol. The summed E-state index contributed by atoms with van der Waals surface area (Å²) in [5, 5.41) is 18.8. The van der Waals surface area contributed by atoms with Crippen LogP contribution in [0.5, 0.6) is 0 Å². The van der Waals surface area contributed by atoms with E-state index in [2.05, 4.69) is 0 Å². The lowest BCUT2D eigenvalue weighted by atomic mass is 10.2. The van der Waals surface area contributed by atoms with Crippen molar-refractivity contribution >= 4 is 6.16 Å². The second-order valence-electron chi connectivity index (χ2n) is 3.85. The van der Waals surface area contributed by atoms with Crippen molar-refractivity contribution in [1.82, 2.24) is 0 Å². The Bertz CT molecular complexity index is 187. The molecule has 0 saturated carbocycles. The maximum atomic E-state index is 11.2. The van der Waals surface area contributed by atoms with Gasteiger partial charge in [-0.1, -0.05) is 13.8 Å². The number of ether oxygens (including phenoxy) is 2. The summed E-state index contributed by atoms with van der Waals surface area (Å²) < 4.78 is 9.69. The number of aliphatic hydroxyl groups excluding tert-OH is 2. The first-order valence-corrected chi connectivity index (χ1v) is 5.65. The molecule has 0 aromatic heterocycles. The van der Waals surface area contributed by atoms with Crippen molar-refractivity contribution in [1.29, 1.82) is 0 Å². The van der Waals surface area contributed by atoms with Gasteiger partial charge < -0.3 is 19.7 Å². The van der Waals surface area contributed by atoms with Crippen LogP contribution in [-0.2, 0) is 9.47 Å². The molecule has 0 amide bonds. The molecule has 4 atom stereocenters. The molecule has 96 valence electrons. The normalized spacial score (nSPS) is 18.4. The van der Waals surface area contributed by atoms with Crippen molar-refractivity contribution in [2.75, 3.05) is 0 Å². The van der Waals surface area contributed by atoms with E-state index in [4.69, 9.17) is 9.47 Å². The zero-order valence-electron chi connectivity index (χ0n) is 10.3. The molecule has 0 bridgehead atoms. The third kappa shape index (κ3) is 5.32. The Balaban J connectivity index is 3.99. The van der Waals surface area contributed by atoms with Crippen molar-refractivity contribution in [3.63, 3.8) is 0 Å². The van der Waals surface area contributed by atoms with Gasteiger partial charge in [0.15, 0.2) is 0 Å². The van der Waals surface area contributed by atoms with E-state index in [9.17, 15) is 15.0 Å². The molecule has 0 radical (unpaired) electrons. The van der Waals surface area contributed by atoms with Gasteiger partial charge in [0.05, 0.1) is 12.2 Å². The lowest BCUT2D eigenvalue weighted by molar-refractivity contribution is -0.0587. The third-order valence-electron chi connectivity index (χ3n) is 2.48. The summed E-state index contributed by atoms with van der Waals surface area (Å²) in [6, 6.07) is 0. The maximum Gasteiger partial charge on any atom is 0.508 e. The van der Waals surface area contributed by atoms with Crippen LogP contribution in [0.1, 0.15) is 40.5 Å². The Morgan fingerprint density at radius 1 is 1.00 bits per heavy atom. The van der Waals surface area contributed by atoms with Crippen LogP contribution in [0.3, 0.4) is 0 Å². The SMILES string of the molecule is CCC(O)C(C)OC(=O)OC(C)C(O)CC. The molecule has 16 heavy (non-hydrogen) atoms. The minimum atomic E-state index is -0.861. The highest BCUT2D eigenvalue weighted by molar-refractivity contribution is 5.60. The van der Waals surface area contributed by atoms with Crippen molar-refractivity contribution < 1.29 is 24.5 Å². The molecule has 5 heteroatoms. The molecule has 0 aliphatic heterocycles. The van der Waals surface area contributed by atoms with Gasteiger partial charge in [0.25, 0.3) is 0 Å². The Labute approximate surface area is 96.4 Å². The van der Waals surface area contributed by atoms with E-state index >= 15 is 0 Å². The fourth-order valence-corrected chi connectivity index (χ4v) is 1.15. The molecule has 0 rings (SSSR count). The van der Waals surface area contributed by atoms with Gasteiger partial charge >= 0.3 is 6.16 Å². The van der Waals surface area contributed by atoms with Gasteiger partial charge in [-0.05, 0) is 26.7 Å². The Morgan fingerprint density at radius 3 is 1.56 bits per heavy atom. The fourth-order valence-electron chi connectivity index (χ4n) is 1.15. The fraction of sp³-hybridized carbons (Fsp3) is 0.909. The molecule has 0 heterocycles. The van der Waals surface area contributed by atoms with E-state index in [0.717, 1.165) is 0 Å². The molecular formula is C11H22O5. The first kappa shape index (κ1) is 15.2. The molecule has 5 nitrogen and oxygen atoms in total. The monoisotopic (exact) mass is 234 g/mol. The maximum absolute atomic E-state index is 11.2. The van der Waals surface area contributed by atoms with Gasteiger partial charge in [0.2, 0.25) is 0 Å². The summed E-state index contributed by atoms with van der Waals surface area (Å²) in [7, 11) is 0. The minimum Gasteiger partial charge on any atom is -0.429 e. The first-order chi connectivity index (χ1) is 7.42. The van der Waals surface area contributed by atoms with E-state index < -0.39 is 30.6 Å². The highest BCUT2D eigenvalue weighted by atomic mass is 16.7. The van der Waals surface area contributed by atoms with Gasteiger partial charge in [0, 0.05) is 0 Å². The highest BCUT2D eigenvalue weighted by Gasteiger charge is 2.22. The average Bonchev–Trinajstić information content (AvgIpc) is 2.26. The Kier molecular flexibility index (Phi) is 7.08. The number of carbonyl (C=O) groups excluding carboxylic acids is 1. The summed E-state index contributed by atoms with van der Waals surface area (Å²) in [5.74, 6) is 0. The van der Waals surface area contributed by atoms with Crippen molar-refractivity contribution in [3.05, 3.63) is 0 Å². The molecule has 0 saturated heterocycles. The predicted octanol–water partition coefficient (Wildman–Crippen LogP) is 1.46. The third-order valence-corrected chi connectivity index (χ3v) is 2.48. The number of carbonyl (C=O) groups is 1. The van der Waals surface area contributed by atoms with Gasteiger partial charge in [0.1, 0.15) is 12.2 Å². The van der Waals surface area contributed by atoms with Gasteiger partial charge in [-0.15, -0.1) is 0 Å². The van der Waals surface area contributed by atoms with E-state index in [1.807, 2.05) is 0 Å². The van der Waals surface area contributed by atoms with Crippen LogP contribution in [0.25, 0.3) is 0 Å². The number of hydrogen-bond donors (Lipinski definition) is 2. The zero-order chi connectivity index (χ0) is 12.7. The highest BCUT2D eigenvalue weighted by Crippen LogP contribution is 2.08. The molecule has 0 aromatic carbocycles. The van der Waals surface area contributed by atoms with Crippen molar-refractivity contribution in [3.8, 4) is 0 Å². The van der Waals surface area contributed by atoms with Crippen molar-refractivity contribution in [2.45, 2.75) is 65.0 Å². The van der Waals surface area contributed by atoms with Gasteiger partial charge in [-0.3, -0.25) is 0 Å². The van der Waals surface area contributed by atoms with Crippen LogP contribution >= 0.6 is 0 Å². The topological polar surface area (TPSA) is 76.0 Å². The molecule has 0 aromatic rings. The lowest BCUT2D eigenvalue weighted by Gasteiger charge is -2.21. The number of aliphatic hydroxyl groups is 2. The van der Waals surface area contributed by atoms with Crippen LogP contribution in [-0.4, -0.2) is 40.8 Å². The smallest absolute Gasteiger partial charge is 0.429 e. The van der Waals surface area contributed by atoms with Crippen LogP contribution in [0, 0.1) is 0 Å². The zero-order valence-corrected chi connectivity index (χ0v) is 10.3. The summed E-state index contributed by atoms with van der Waals surface area (Å²) in [5.41, 5.74) is 0. The molecular weight excluding hydrogens is 212 g/mol. The summed E-state index contributed by atoms with van der Waals surface area (Å²) in [4.78, 5) is 11.2. The average molecular weight is 234 g/mol. The largest absolute Gasteiger partial charge is 0.508 e. The van der Waals surface area contributed by atoms with Gasteiger partial charge in [-0.25, -0.2) is 4.79 Å². The molecule has 0 aliphatic rings. The lowest BCUT2D eigenvalue weighted by Crippen LogP contribution is -2.32. The number of hydrogen-bond acceptors (Lipinski definition) is 5. The number of rotatable bonds is 6. The molecule has 0 spiro atoms. The Hall–Kier alpha value is -0.810. The van der Waals surface area contributed by atoms with E-state index in [-0.39, 0.29) is 0 Å². The Morgan fingerprint density at radius 2 is 1.31 bits per heavy atom.